The quantitative estimate of drug-likeness (QED) is 0.821. The van der Waals surface area contributed by atoms with Crippen molar-refractivity contribution >= 4 is 18.4 Å². The normalized spacial score (nSPS) is 21.6. The second-order valence-electron chi connectivity index (χ2n) is 8.09. The van der Waals surface area contributed by atoms with Crippen molar-refractivity contribution in [2.45, 2.75) is 57.7 Å². The maximum absolute atomic E-state index is 15.1. The summed E-state index contributed by atoms with van der Waals surface area (Å²) in [6.45, 7) is 7.42. The molecule has 2 aliphatic rings. The Morgan fingerprint density at radius 2 is 1.70 bits per heavy atom. The molecular formula is C17H22BF2N5O2. The van der Waals surface area contributed by atoms with E-state index >= 15 is 8.78 Å². The number of rotatable bonds is 4. The molecule has 1 aliphatic carbocycles. The van der Waals surface area contributed by atoms with Crippen LogP contribution in [0, 0.1) is 5.92 Å². The molecule has 0 bridgehead atoms. The van der Waals surface area contributed by atoms with Crippen molar-refractivity contribution in [2.24, 2.45) is 5.92 Å². The van der Waals surface area contributed by atoms with E-state index in [9.17, 15) is 0 Å². The number of nitrogens with two attached hydrogens (primary N) is 1. The van der Waals surface area contributed by atoms with Gasteiger partial charge >= 0.3 is 7.12 Å². The van der Waals surface area contributed by atoms with Crippen molar-refractivity contribution in [2.75, 3.05) is 5.73 Å². The second-order valence-corrected chi connectivity index (χ2v) is 8.09. The van der Waals surface area contributed by atoms with Crippen LogP contribution in [0.25, 0.3) is 5.95 Å². The summed E-state index contributed by atoms with van der Waals surface area (Å²) in [5.74, 6) is -3.77. The minimum absolute atomic E-state index is 0.00461. The van der Waals surface area contributed by atoms with Crippen molar-refractivity contribution in [3.63, 3.8) is 0 Å². The molecule has 0 unspecified atom stereocenters. The molecule has 1 saturated carbocycles. The highest BCUT2D eigenvalue weighted by molar-refractivity contribution is 6.64. The molecule has 144 valence electrons. The molecule has 1 saturated heterocycles. The first-order chi connectivity index (χ1) is 12.5. The van der Waals surface area contributed by atoms with E-state index in [0.29, 0.717) is 12.8 Å². The number of nitrogen functional groups attached to an aromatic ring is 1. The van der Waals surface area contributed by atoms with Gasteiger partial charge in [-0.05, 0) is 46.6 Å². The van der Waals surface area contributed by atoms with Gasteiger partial charge in [0.1, 0.15) is 11.5 Å². The molecule has 4 rings (SSSR count). The van der Waals surface area contributed by atoms with E-state index in [1.807, 2.05) is 27.7 Å². The average Bonchev–Trinajstić information content (AvgIpc) is 3.34. The van der Waals surface area contributed by atoms with E-state index in [4.69, 9.17) is 15.0 Å². The van der Waals surface area contributed by atoms with Crippen molar-refractivity contribution in [1.29, 1.82) is 0 Å². The SMILES string of the molecule is CC1(C)OB(c2c(C(F)(F)C3CC3)nn(-c3ncccn3)c2N)OC1(C)C. The van der Waals surface area contributed by atoms with Gasteiger partial charge in [-0.2, -0.15) is 18.6 Å². The van der Waals surface area contributed by atoms with Gasteiger partial charge in [0.25, 0.3) is 11.9 Å². The molecule has 3 heterocycles. The fourth-order valence-corrected chi connectivity index (χ4v) is 3.07. The predicted molar refractivity (Wildman–Crippen MR) is 95.9 cm³/mol. The molecule has 27 heavy (non-hydrogen) atoms. The van der Waals surface area contributed by atoms with Crippen molar-refractivity contribution in [3.8, 4) is 5.95 Å². The highest BCUT2D eigenvalue weighted by Crippen LogP contribution is 2.49. The van der Waals surface area contributed by atoms with Crippen molar-refractivity contribution in [3.05, 3.63) is 24.2 Å². The Morgan fingerprint density at radius 1 is 1.15 bits per heavy atom. The average molecular weight is 377 g/mol. The van der Waals surface area contributed by atoms with Gasteiger partial charge in [0.05, 0.1) is 16.7 Å². The Kier molecular flexibility index (Phi) is 3.87. The monoisotopic (exact) mass is 377 g/mol. The lowest BCUT2D eigenvalue weighted by atomic mass is 9.76. The van der Waals surface area contributed by atoms with Crippen LogP contribution in [0.5, 0.6) is 0 Å². The van der Waals surface area contributed by atoms with Crippen LogP contribution in [0.4, 0.5) is 14.6 Å². The van der Waals surface area contributed by atoms with Crippen LogP contribution in [-0.4, -0.2) is 38.1 Å². The summed E-state index contributed by atoms with van der Waals surface area (Å²) >= 11 is 0. The lowest BCUT2D eigenvalue weighted by Crippen LogP contribution is -2.41. The summed E-state index contributed by atoms with van der Waals surface area (Å²) < 4.78 is 43.2. The molecule has 1 aliphatic heterocycles. The zero-order valence-electron chi connectivity index (χ0n) is 15.7. The summed E-state index contributed by atoms with van der Waals surface area (Å²) in [7, 11) is -1.05. The van der Waals surface area contributed by atoms with Gasteiger partial charge in [0, 0.05) is 18.3 Å². The van der Waals surface area contributed by atoms with Crippen LogP contribution in [-0.2, 0) is 15.2 Å². The van der Waals surface area contributed by atoms with Gasteiger partial charge in [-0.15, -0.1) is 0 Å². The molecule has 0 amide bonds. The molecule has 10 heteroatoms. The van der Waals surface area contributed by atoms with Crippen molar-refractivity contribution < 1.29 is 18.1 Å². The molecule has 2 aromatic rings. The van der Waals surface area contributed by atoms with Crippen LogP contribution >= 0.6 is 0 Å². The van der Waals surface area contributed by atoms with Gasteiger partial charge in [-0.25, -0.2) is 9.97 Å². The third-order valence-corrected chi connectivity index (χ3v) is 5.60. The number of aromatic nitrogens is 4. The number of hydrogen-bond donors (Lipinski definition) is 1. The number of hydrogen-bond acceptors (Lipinski definition) is 6. The van der Waals surface area contributed by atoms with Gasteiger partial charge in [0.2, 0.25) is 0 Å². The summed E-state index contributed by atoms with van der Waals surface area (Å²) in [6, 6.07) is 1.62. The summed E-state index contributed by atoms with van der Waals surface area (Å²) in [5.41, 5.74) is 4.48. The molecule has 0 atom stereocenters. The Balaban J connectivity index is 1.86. The van der Waals surface area contributed by atoms with E-state index in [1.54, 1.807) is 6.07 Å². The zero-order valence-corrected chi connectivity index (χ0v) is 15.7. The first kappa shape index (κ1) is 18.3. The summed E-state index contributed by atoms with van der Waals surface area (Å²) in [5, 5.41) is 4.11. The van der Waals surface area contributed by atoms with Crippen LogP contribution in [0.1, 0.15) is 46.2 Å². The lowest BCUT2D eigenvalue weighted by Gasteiger charge is -2.32. The Bertz CT molecular complexity index is 852. The first-order valence-electron chi connectivity index (χ1n) is 8.94. The minimum Gasteiger partial charge on any atom is -0.399 e. The van der Waals surface area contributed by atoms with Gasteiger partial charge in [-0.1, -0.05) is 0 Å². The highest BCUT2D eigenvalue weighted by atomic mass is 19.3. The lowest BCUT2D eigenvalue weighted by molar-refractivity contribution is -0.0324. The fourth-order valence-electron chi connectivity index (χ4n) is 3.07. The smallest absolute Gasteiger partial charge is 0.399 e. The molecule has 0 aromatic carbocycles. The minimum atomic E-state index is -3.13. The van der Waals surface area contributed by atoms with Crippen LogP contribution in [0.15, 0.2) is 18.5 Å². The number of nitrogens with zero attached hydrogens (tertiary/aromatic N) is 4. The van der Waals surface area contributed by atoms with E-state index in [1.165, 1.54) is 12.4 Å². The van der Waals surface area contributed by atoms with E-state index in [2.05, 4.69) is 15.1 Å². The number of halogens is 2. The summed E-state index contributed by atoms with van der Waals surface area (Å²) in [4.78, 5) is 8.15. The van der Waals surface area contributed by atoms with E-state index < -0.39 is 35.9 Å². The highest BCUT2D eigenvalue weighted by Gasteiger charge is 2.58. The fraction of sp³-hybridized carbons (Fsp3) is 0.588. The van der Waals surface area contributed by atoms with Crippen LogP contribution in [0.3, 0.4) is 0 Å². The molecule has 0 spiro atoms. The van der Waals surface area contributed by atoms with Crippen molar-refractivity contribution in [1.82, 2.24) is 19.7 Å². The topological polar surface area (TPSA) is 88.1 Å². The molecule has 2 aromatic heterocycles. The standard InChI is InChI=1S/C17H22BF2N5O2/c1-15(2)16(3,4)27-18(26-15)11-12(17(19,20)10-6-7-10)24-25(13(11)21)14-22-8-5-9-23-14/h5,8-10H,6-7,21H2,1-4H3. The largest absolute Gasteiger partial charge is 0.500 e. The Labute approximate surface area is 156 Å². The maximum Gasteiger partial charge on any atom is 0.500 e. The number of anilines is 1. The predicted octanol–water partition coefficient (Wildman–Crippen LogP) is 2.05. The van der Waals surface area contributed by atoms with Gasteiger partial charge in [0.15, 0.2) is 0 Å². The van der Waals surface area contributed by atoms with Crippen LogP contribution < -0.4 is 11.2 Å². The zero-order chi connectivity index (χ0) is 19.6. The Hall–Kier alpha value is -2.07. The number of alkyl halides is 2. The van der Waals surface area contributed by atoms with E-state index in [-0.39, 0.29) is 17.2 Å². The van der Waals surface area contributed by atoms with Crippen LogP contribution in [0.2, 0.25) is 0 Å². The van der Waals surface area contributed by atoms with E-state index in [0.717, 1.165) is 4.68 Å². The molecule has 0 radical (unpaired) electrons. The van der Waals surface area contributed by atoms with Gasteiger partial charge in [-0.3, -0.25) is 0 Å². The molecule has 2 N–H and O–H groups in total. The van der Waals surface area contributed by atoms with Gasteiger partial charge < -0.3 is 15.0 Å². The molecular weight excluding hydrogens is 355 g/mol. The maximum atomic E-state index is 15.1. The second kappa shape index (κ2) is 5.72. The first-order valence-corrected chi connectivity index (χ1v) is 8.94. The Morgan fingerprint density at radius 3 is 2.22 bits per heavy atom. The molecule has 2 fully saturated rings. The third kappa shape index (κ3) is 2.82. The summed E-state index contributed by atoms with van der Waals surface area (Å²) in [6.07, 6.45) is 3.89. The molecule has 7 nitrogen and oxygen atoms in total. The third-order valence-electron chi connectivity index (χ3n) is 5.60.